The van der Waals surface area contributed by atoms with E-state index in [9.17, 15) is 14.0 Å². The van der Waals surface area contributed by atoms with Gasteiger partial charge in [-0.05, 0) is 19.1 Å². The van der Waals surface area contributed by atoms with Crippen LogP contribution in [0.3, 0.4) is 0 Å². The zero-order valence-corrected chi connectivity index (χ0v) is 10.4. The van der Waals surface area contributed by atoms with Gasteiger partial charge in [-0.25, -0.2) is 9.18 Å². The molecule has 1 rings (SSSR count). The Balaban J connectivity index is 2.72. The molecule has 0 saturated heterocycles. The van der Waals surface area contributed by atoms with Gasteiger partial charge in [-0.15, -0.1) is 6.58 Å². The van der Waals surface area contributed by atoms with Crippen LogP contribution in [0.25, 0.3) is 0 Å². The van der Waals surface area contributed by atoms with Gasteiger partial charge in [0.2, 0.25) is 0 Å². The van der Waals surface area contributed by atoms with Crippen molar-refractivity contribution in [1.82, 2.24) is 5.32 Å². The second kappa shape index (κ2) is 6.53. The first-order valence-electron chi connectivity index (χ1n) is 5.53. The smallest absolute Gasteiger partial charge is 0.338 e. The summed E-state index contributed by atoms with van der Waals surface area (Å²) in [5, 5.41) is 11.2. The number of hydrogen-bond acceptors (Lipinski definition) is 3. The number of benzene rings is 1. The van der Waals surface area contributed by atoms with E-state index in [1.807, 2.05) is 0 Å². The minimum atomic E-state index is -1.36. The van der Waals surface area contributed by atoms with E-state index in [2.05, 4.69) is 11.9 Å². The van der Waals surface area contributed by atoms with Crippen LogP contribution in [-0.4, -0.2) is 29.6 Å². The van der Waals surface area contributed by atoms with E-state index in [0.29, 0.717) is 6.54 Å². The van der Waals surface area contributed by atoms with Crippen molar-refractivity contribution in [3.05, 3.63) is 42.2 Å². The van der Waals surface area contributed by atoms with Crippen molar-refractivity contribution in [3.8, 4) is 5.75 Å². The summed E-state index contributed by atoms with van der Waals surface area (Å²) < 4.78 is 18.6. The maximum absolute atomic E-state index is 13.4. The second-order valence-corrected chi connectivity index (χ2v) is 3.74. The van der Waals surface area contributed by atoms with Gasteiger partial charge in [-0.1, -0.05) is 6.08 Å². The van der Waals surface area contributed by atoms with Gasteiger partial charge >= 0.3 is 5.97 Å². The summed E-state index contributed by atoms with van der Waals surface area (Å²) in [4.78, 5) is 22.1. The van der Waals surface area contributed by atoms with Crippen LogP contribution in [0.1, 0.15) is 17.3 Å². The number of ether oxygens (including phenoxy) is 1. The lowest BCUT2D eigenvalue weighted by Gasteiger charge is -2.14. The van der Waals surface area contributed by atoms with Crippen LogP contribution in [0.5, 0.6) is 5.75 Å². The maximum atomic E-state index is 13.4. The van der Waals surface area contributed by atoms with Crippen molar-refractivity contribution in [1.29, 1.82) is 0 Å². The summed E-state index contributed by atoms with van der Waals surface area (Å²) in [7, 11) is 0. The molecular weight excluding hydrogens is 253 g/mol. The first kappa shape index (κ1) is 14.7. The van der Waals surface area contributed by atoms with Crippen LogP contribution < -0.4 is 10.1 Å². The number of amides is 1. The predicted octanol–water partition coefficient (Wildman–Crippen LogP) is 1.59. The summed E-state index contributed by atoms with van der Waals surface area (Å²) in [5.74, 6) is -2.56. The van der Waals surface area contributed by atoms with Crippen molar-refractivity contribution in [2.75, 3.05) is 6.54 Å². The minimum absolute atomic E-state index is 0.0868. The normalized spacial score (nSPS) is 11.5. The van der Waals surface area contributed by atoms with Gasteiger partial charge < -0.3 is 15.2 Å². The molecule has 0 spiro atoms. The van der Waals surface area contributed by atoms with E-state index in [0.717, 1.165) is 12.1 Å². The molecule has 0 aromatic heterocycles. The predicted molar refractivity (Wildman–Crippen MR) is 66.7 cm³/mol. The Morgan fingerprint density at radius 2 is 2.26 bits per heavy atom. The summed E-state index contributed by atoms with van der Waals surface area (Å²) in [6, 6.07) is 3.31. The first-order valence-corrected chi connectivity index (χ1v) is 5.53. The number of nitrogens with one attached hydrogen (secondary N) is 1. The highest BCUT2D eigenvalue weighted by Gasteiger charge is 2.16. The van der Waals surface area contributed by atoms with Gasteiger partial charge in [0.1, 0.15) is 11.6 Å². The topological polar surface area (TPSA) is 75.6 Å². The monoisotopic (exact) mass is 267 g/mol. The molecule has 5 nitrogen and oxygen atoms in total. The molecule has 1 aromatic carbocycles. The van der Waals surface area contributed by atoms with Gasteiger partial charge in [-0.2, -0.15) is 0 Å². The van der Waals surface area contributed by atoms with Gasteiger partial charge in [0.15, 0.2) is 6.10 Å². The molecule has 1 aromatic rings. The summed E-state index contributed by atoms with van der Waals surface area (Å²) in [5.41, 5.74) is -0.448. The third-order valence-corrected chi connectivity index (χ3v) is 2.27. The molecule has 2 N–H and O–H groups in total. The van der Waals surface area contributed by atoms with E-state index < -0.39 is 23.5 Å². The molecular formula is C13H14FNO4. The van der Waals surface area contributed by atoms with Gasteiger partial charge in [0, 0.05) is 12.6 Å². The Hall–Kier alpha value is -2.37. The second-order valence-electron chi connectivity index (χ2n) is 3.74. The van der Waals surface area contributed by atoms with Crippen LogP contribution in [0, 0.1) is 5.82 Å². The molecule has 0 aliphatic carbocycles. The minimum Gasteiger partial charge on any atom is -0.481 e. The molecule has 0 fully saturated rings. The van der Waals surface area contributed by atoms with Crippen LogP contribution in [0.15, 0.2) is 30.9 Å². The maximum Gasteiger partial charge on any atom is 0.338 e. The highest BCUT2D eigenvalue weighted by Crippen LogP contribution is 2.18. The largest absolute Gasteiger partial charge is 0.481 e. The Labute approximate surface area is 109 Å². The number of carboxylic acid groups (broad SMARTS) is 1. The molecule has 1 unspecified atom stereocenters. The summed E-state index contributed by atoms with van der Waals surface area (Å²) in [6.07, 6.45) is 0.696. The van der Waals surface area contributed by atoms with Crippen LogP contribution in [0.2, 0.25) is 0 Å². The number of aromatic carboxylic acids is 1. The average Bonchev–Trinajstić information content (AvgIpc) is 2.35. The third kappa shape index (κ3) is 4.09. The molecule has 0 saturated carbocycles. The van der Waals surface area contributed by atoms with E-state index in [1.165, 1.54) is 19.1 Å². The molecule has 6 heteroatoms. The van der Waals surface area contributed by atoms with Gasteiger partial charge in [-0.3, -0.25) is 4.79 Å². The lowest BCUT2D eigenvalue weighted by molar-refractivity contribution is -0.127. The quantitative estimate of drug-likeness (QED) is 0.767. The fourth-order valence-electron chi connectivity index (χ4n) is 1.32. The van der Waals surface area contributed by atoms with Crippen molar-refractivity contribution in [3.63, 3.8) is 0 Å². The fourth-order valence-corrected chi connectivity index (χ4v) is 1.32. The lowest BCUT2D eigenvalue weighted by Crippen LogP contribution is -2.36. The fraction of sp³-hybridized carbons (Fsp3) is 0.231. The zero-order chi connectivity index (χ0) is 14.4. The molecule has 0 radical (unpaired) electrons. The average molecular weight is 267 g/mol. The Kier molecular flexibility index (Phi) is 5.05. The molecule has 0 aliphatic heterocycles. The van der Waals surface area contributed by atoms with E-state index in [4.69, 9.17) is 9.84 Å². The van der Waals surface area contributed by atoms with Crippen molar-refractivity contribution in [2.24, 2.45) is 0 Å². The SMILES string of the molecule is C=CCNC(=O)C(C)Oc1ccc(C(=O)O)c(F)c1. The van der Waals surface area contributed by atoms with E-state index >= 15 is 0 Å². The number of carbonyl (C=O) groups is 2. The third-order valence-electron chi connectivity index (χ3n) is 2.27. The Morgan fingerprint density at radius 3 is 2.79 bits per heavy atom. The van der Waals surface area contributed by atoms with Gasteiger partial charge in [0.25, 0.3) is 5.91 Å². The molecule has 0 heterocycles. The van der Waals surface area contributed by atoms with Crippen LogP contribution in [-0.2, 0) is 4.79 Å². The van der Waals surface area contributed by atoms with E-state index in [1.54, 1.807) is 0 Å². The number of carboxylic acids is 1. The first-order chi connectivity index (χ1) is 8.95. The highest BCUT2D eigenvalue weighted by atomic mass is 19.1. The van der Waals surface area contributed by atoms with Crippen molar-refractivity contribution >= 4 is 11.9 Å². The molecule has 1 amide bonds. The Morgan fingerprint density at radius 1 is 1.58 bits per heavy atom. The van der Waals surface area contributed by atoms with Crippen molar-refractivity contribution in [2.45, 2.75) is 13.0 Å². The molecule has 0 aliphatic rings. The summed E-state index contributed by atoms with van der Waals surface area (Å²) >= 11 is 0. The number of hydrogen-bond donors (Lipinski definition) is 2. The molecule has 102 valence electrons. The standard InChI is InChI=1S/C13H14FNO4/c1-3-6-15-12(16)8(2)19-9-4-5-10(13(17)18)11(14)7-9/h3-5,7-8H,1,6H2,2H3,(H,15,16)(H,17,18). The number of rotatable bonds is 6. The van der Waals surface area contributed by atoms with Gasteiger partial charge in [0.05, 0.1) is 5.56 Å². The molecule has 0 bridgehead atoms. The molecule has 1 atom stereocenters. The summed E-state index contributed by atoms with van der Waals surface area (Å²) in [6.45, 7) is 5.26. The van der Waals surface area contributed by atoms with E-state index in [-0.39, 0.29) is 11.7 Å². The lowest BCUT2D eigenvalue weighted by atomic mass is 10.2. The Bertz CT molecular complexity index is 501. The van der Waals surface area contributed by atoms with Crippen LogP contribution >= 0.6 is 0 Å². The molecule has 19 heavy (non-hydrogen) atoms. The zero-order valence-electron chi connectivity index (χ0n) is 10.4. The van der Waals surface area contributed by atoms with Crippen LogP contribution in [0.4, 0.5) is 4.39 Å². The highest BCUT2D eigenvalue weighted by molar-refractivity contribution is 5.88. The number of halogens is 1. The number of carbonyl (C=O) groups excluding carboxylic acids is 1. The van der Waals surface area contributed by atoms with Crippen molar-refractivity contribution < 1.29 is 23.8 Å².